The summed E-state index contributed by atoms with van der Waals surface area (Å²) in [6.07, 6.45) is 2.17. The molecule has 2 rings (SSSR count). The summed E-state index contributed by atoms with van der Waals surface area (Å²) in [5, 5.41) is 0. The summed E-state index contributed by atoms with van der Waals surface area (Å²) in [7, 11) is 0. The van der Waals surface area contributed by atoms with Gasteiger partial charge in [-0.15, -0.1) is 0 Å². The Hall–Kier alpha value is -0.0800. The predicted molar refractivity (Wildman–Crippen MR) is 37.9 cm³/mol. The average Bonchev–Trinajstić information content (AvgIpc) is 2.36. The van der Waals surface area contributed by atoms with E-state index in [0.29, 0.717) is 0 Å². The minimum Gasteiger partial charge on any atom is -0.381 e. The van der Waals surface area contributed by atoms with E-state index in [9.17, 15) is 0 Å². The number of ether oxygens (including phenoxy) is 2. The van der Waals surface area contributed by atoms with Crippen LogP contribution in [0.5, 0.6) is 0 Å². The maximum atomic E-state index is 5.65. The zero-order chi connectivity index (χ0) is 7.24. The summed E-state index contributed by atoms with van der Waals surface area (Å²) >= 11 is 0. The van der Waals surface area contributed by atoms with E-state index in [0.717, 1.165) is 26.1 Å². The van der Waals surface area contributed by atoms with Crippen LogP contribution < -0.4 is 0 Å². The largest absolute Gasteiger partial charge is 0.381 e. The minimum atomic E-state index is 0.136. The first-order valence-corrected chi connectivity index (χ1v) is 3.94. The van der Waals surface area contributed by atoms with Gasteiger partial charge in [-0.3, -0.25) is 0 Å². The Morgan fingerprint density at radius 2 is 1.60 bits per heavy atom. The molecule has 0 radical (unpaired) electrons. The summed E-state index contributed by atoms with van der Waals surface area (Å²) < 4.78 is 10.9. The summed E-state index contributed by atoms with van der Waals surface area (Å²) in [6, 6.07) is 0. The van der Waals surface area contributed by atoms with Gasteiger partial charge in [-0.2, -0.15) is 0 Å². The van der Waals surface area contributed by atoms with Crippen LogP contribution in [0.2, 0.25) is 0 Å². The van der Waals surface area contributed by atoms with E-state index in [1.165, 1.54) is 0 Å². The molecule has 0 amide bonds. The van der Waals surface area contributed by atoms with Crippen LogP contribution in [0.4, 0.5) is 0 Å². The average molecular weight is 142 g/mol. The van der Waals surface area contributed by atoms with Crippen molar-refractivity contribution in [1.82, 2.24) is 0 Å². The zero-order valence-corrected chi connectivity index (χ0v) is 6.64. The van der Waals surface area contributed by atoms with Crippen LogP contribution in [-0.2, 0) is 9.47 Å². The van der Waals surface area contributed by atoms with Crippen LogP contribution in [0.15, 0.2) is 0 Å². The van der Waals surface area contributed by atoms with E-state index in [4.69, 9.17) is 9.47 Å². The maximum Gasteiger partial charge on any atom is 0.102 e. The van der Waals surface area contributed by atoms with Gasteiger partial charge in [0.05, 0.1) is 5.60 Å². The van der Waals surface area contributed by atoms with Crippen molar-refractivity contribution in [2.45, 2.75) is 37.9 Å². The van der Waals surface area contributed by atoms with E-state index < -0.39 is 0 Å². The van der Waals surface area contributed by atoms with Gasteiger partial charge in [0.15, 0.2) is 0 Å². The van der Waals surface area contributed by atoms with Crippen molar-refractivity contribution < 1.29 is 9.47 Å². The van der Waals surface area contributed by atoms with Gasteiger partial charge in [-0.05, 0) is 13.8 Å². The Balaban J connectivity index is 2.05. The molecule has 58 valence electrons. The number of epoxide rings is 1. The van der Waals surface area contributed by atoms with Crippen molar-refractivity contribution in [3.05, 3.63) is 0 Å². The van der Waals surface area contributed by atoms with Crippen molar-refractivity contribution in [3.8, 4) is 0 Å². The third-order valence-electron chi connectivity index (χ3n) is 2.81. The zero-order valence-electron chi connectivity index (χ0n) is 6.64. The first-order valence-electron chi connectivity index (χ1n) is 3.94. The fraction of sp³-hybridized carbons (Fsp3) is 1.00. The molecule has 0 atom stereocenters. The normalized spacial score (nSPS) is 34.2. The standard InChI is InChI=1S/C8H14O2/c1-7(2)8(10-7)3-5-9-6-4-8/h3-6H2,1-2H3. The topological polar surface area (TPSA) is 21.8 Å². The second-order valence-electron chi connectivity index (χ2n) is 3.72. The Kier molecular flexibility index (Phi) is 1.15. The van der Waals surface area contributed by atoms with Gasteiger partial charge in [0.2, 0.25) is 0 Å². The molecule has 0 aromatic heterocycles. The van der Waals surface area contributed by atoms with Gasteiger partial charge in [0.1, 0.15) is 5.60 Å². The highest BCUT2D eigenvalue weighted by Crippen LogP contribution is 2.53. The molecule has 10 heavy (non-hydrogen) atoms. The molecule has 2 fully saturated rings. The lowest BCUT2D eigenvalue weighted by Crippen LogP contribution is -2.29. The van der Waals surface area contributed by atoms with Gasteiger partial charge in [-0.25, -0.2) is 0 Å². The molecule has 2 nitrogen and oxygen atoms in total. The van der Waals surface area contributed by atoms with Gasteiger partial charge >= 0.3 is 0 Å². The second-order valence-corrected chi connectivity index (χ2v) is 3.72. The Morgan fingerprint density at radius 1 is 1.10 bits per heavy atom. The van der Waals surface area contributed by atoms with Crippen molar-refractivity contribution >= 4 is 0 Å². The smallest absolute Gasteiger partial charge is 0.102 e. The van der Waals surface area contributed by atoms with Crippen LogP contribution >= 0.6 is 0 Å². The summed E-state index contributed by atoms with van der Waals surface area (Å²) in [5.74, 6) is 0. The molecule has 1 spiro atoms. The Bertz CT molecular complexity index is 145. The summed E-state index contributed by atoms with van der Waals surface area (Å²) in [6.45, 7) is 6.09. The molecule has 0 saturated carbocycles. The molecule has 2 saturated heterocycles. The van der Waals surface area contributed by atoms with Crippen molar-refractivity contribution in [2.24, 2.45) is 0 Å². The van der Waals surface area contributed by atoms with Crippen LogP contribution in [-0.4, -0.2) is 24.4 Å². The van der Waals surface area contributed by atoms with Gasteiger partial charge in [-0.1, -0.05) is 0 Å². The summed E-state index contributed by atoms with van der Waals surface area (Å²) in [4.78, 5) is 0. The lowest BCUT2D eigenvalue weighted by Gasteiger charge is -2.20. The number of rotatable bonds is 0. The highest BCUT2D eigenvalue weighted by atomic mass is 16.6. The Morgan fingerprint density at radius 3 is 1.90 bits per heavy atom. The molecule has 2 heteroatoms. The van der Waals surface area contributed by atoms with Gasteiger partial charge in [0.25, 0.3) is 0 Å². The fourth-order valence-electron chi connectivity index (χ4n) is 1.87. The van der Waals surface area contributed by atoms with Crippen LogP contribution in [0.25, 0.3) is 0 Å². The molecule has 2 heterocycles. The number of hydrogen-bond donors (Lipinski definition) is 0. The first-order chi connectivity index (χ1) is 4.66. The van der Waals surface area contributed by atoms with E-state index >= 15 is 0 Å². The highest BCUT2D eigenvalue weighted by molar-refractivity contribution is 5.11. The van der Waals surface area contributed by atoms with E-state index in [-0.39, 0.29) is 11.2 Å². The molecule has 2 aliphatic heterocycles. The summed E-state index contributed by atoms with van der Waals surface area (Å²) in [5.41, 5.74) is 0.335. The van der Waals surface area contributed by atoms with E-state index in [2.05, 4.69) is 13.8 Å². The predicted octanol–water partition coefficient (Wildman–Crippen LogP) is 1.34. The van der Waals surface area contributed by atoms with Crippen molar-refractivity contribution in [2.75, 3.05) is 13.2 Å². The lowest BCUT2D eigenvalue weighted by atomic mass is 9.89. The third kappa shape index (κ3) is 0.722. The van der Waals surface area contributed by atoms with Crippen LogP contribution in [0, 0.1) is 0 Å². The fourth-order valence-corrected chi connectivity index (χ4v) is 1.87. The molecule has 0 unspecified atom stereocenters. The lowest BCUT2D eigenvalue weighted by molar-refractivity contribution is 0.0494. The maximum absolute atomic E-state index is 5.65. The molecular formula is C8H14O2. The minimum absolute atomic E-state index is 0.136. The molecule has 0 aromatic carbocycles. The van der Waals surface area contributed by atoms with Gasteiger partial charge < -0.3 is 9.47 Å². The molecular weight excluding hydrogens is 128 g/mol. The van der Waals surface area contributed by atoms with E-state index in [1.54, 1.807) is 0 Å². The molecule has 0 aliphatic carbocycles. The molecule has 0 aromatic rings. The molecule has 2 aliphatic rings. The van der Waals surface area contributed by atoms with Gasteiger partial charge in [0, 0.05) is 26.1 Å². The first kappa shape index (κ1) is 6.62. The quantitative estimate of drug-likeness (QED) is 0.476. The Labute approximate surface area is 61.5 Å². The molecule has 0 bridgehead atoms. The molecule has 0 N–H and O–H groups in total. The van der Waals surface area contributed by atoms with Crippen molar-refractivity contribution in [1.29, 1.82) is 0 Å². The SMILES string of the molecule is CC1(C)OC12CCOCC2. The third-order valence-corrected chi connectivity index (χ3v) is 2.81. The monoisotopic (exact) mass is 142 g/mol. The van der Waals surface area contributed by atoms with Crippen LogP contribution in [0.3, 0.4) is 0 Å². The highest BCUT2D eigenvalue weighted by Gasteiger charge is 2.63. The van der Waals surface area contributed by atoms with Crippen LogP contribution in [0.1, 0.15) is 26.7 Å². The van der Waals surface area contributed by atoms with Crippen molar-refractivity contribution in [3.63, 3.8) is 0 Å². The second kappa shape index (κ2) is 1.74. The van der Waals surface area contributed by atoms with E-state index in [1.807, 2.05) is 0 Å². The number of hydrogen-bond acceptors (Lipinski definition) is 2.